The number of hydrogen-bond acceptors (Lipinski definition) is 2. The van der Waals surface area contributed by atoms with Gasteiger partial charge in [-0.25, -0.2) is 0 Å². The highest BCUT2D eigenvalue weighted by Gasteiger charge is 2.06. The van der Waals surface area contributed by atoms with Gasteiger partial charge in [0.2, 0.25) is 5.91 Å². The van der Waals surface area contributed by atoms with E-state index >= 15 is 0 Å². The van der Waals surface area contributed by atoms with Crippen LogP contribution < -0.4 is 10.6 Å². The van der Waals surface area contributed by atoms with Crippen LogP contribution in [0.4, 0.5) is 0 Å². The molecule has 0 heterocycles. The van der Waals surface area contributed by atoms with Crippen molar-refractivity contribution in [1.29, 1.82) is 0 Å². The quantitative estimate of drug-likeness (QED) is 0.777. The molecule has 0 aromatic heterocycles. The average Bonchev–Trinajstić information content (AvgIpc) is 2.31. The lowest BCUT2D eigenvalue weighted by Gasteiger charge is -2.06. The zero-order chi connectivity index (χ0) is 14.3. The Kier molecular flexibility index (Phi) is 6.87. The summed E-state index contributed by atoms with van der Waals surface area (Å²) in [4.78, 5) is 22.5. The molecule has 0 fully saturated rings. The monoisotopic (exact) mass is 346 g/mol. The molecule has 4 nitrogen and oxygen atoms in total. The van der Waals surface area contributed by atoms with Crippen molar-refractivity contribution in [3.63, 3.8) is 0 Å². The molecule has 0 aliphatic heterocycles. The Morgan fingerprint density at radius 2 is 1.79 bits per heavy atom. The van der Waals surface area contributed by atoms with Crippen molar-refractivity contribution in [2.75, 3.05) is 13.1 Å². The second-order valence-corrected chi connectivity index (χ2v) is 5.46. The molecule has 1 aromatic rings. The van der Waals surface area contributed by atoms with Crippen LogP contribution in [-0.4, -0.2) is 24.9 Å². The van der Waals surface area contributed by atoms with Crippen LogP contribution in [0.15, 0.2) is 22.7 Å². The van der Waals surface area contributed by atoms with Crippen molar-refractivity contribution in [3.8, 4) is 0 Å². The highest BCUT2D eigenvalue weighted by atomic mass is 79.9. The minimum absolute atomic E-state index is 0.0344. The molecule has 0 unspecified atom stereocenters. The number of carbonyl (C=O) groups is 2. The topological polar surface area (TPSA) is 58.2 Å². The van der Waals surface area contributed by atoms with Gasteiger partial charge in [-0.2, -0.15) is 0 Å². The summed E-state index contributed by atoms with van der Waals surface area (Å²) in [6, 6.07) is 5.07. The van der Waals surface area contributed by atoms with E-state index in [2.05, 4.69) is 26.6 Å². The first-order chi connectivity index (χ1) is 8.99. The Balaban J connectivity index is 2.29. The van der Waals surface area contributed by atoms with Crippen molar-refractivity contribution in [2.24, 2.45) is 0 Å². The van der Waals surface area contributed by atoms with Gasteiger partial charge in [0.05, 0.1) is 0 Å². The Morgan fingerprint density at radius 3 is 2.37 bits per heavy atom. The van der Waals surface area contributed by atoms with E-state index in [4.69, 9.17) is 11.6 Å². The summed E-state index contributed by atoms with van der Waals surface area (Å²) >= 11 is 9.17. The lowest BCUT2D eigenvalue weighted by molar-refractivity contribution is -0.118. The van der Waals surface area contributed by atoms with Crippen molar-refractivity contribution in [1.82, 2.24) is 10.6 Å². The highest BCUT2D eigenvalue weighted by Crippen LogP contribution is 2.19. The Labute approximate surface area is 126 Å². The van der Waals surface area contributed by atoms with Gasteiger partial charge in [-0.1, -0.05) is 27.5 Å². The number of hydrogen-bond donors (Lipinski definition) is 2. The molecule has 2 amide bonds. The first-order valence-electron chi connectivity index (χ1n) is 5.98. The number of benzene rings is 1. The van der Waals surface area contributed by atoms with Crippen molar-refractivity contribution >= 4 is 39.3 Å². The van der Waals surface area contributed by atoms with Gasteiger partial charge in [0.1, 0.15) is 0 Å². The molecule has 2 N–H and O–H groups in total. The molecule has 0 bridgehead atoms. The number of nitrogens with one attached hydrogen (secondary N) is 2. The predicted molar refractivity (Wildman–Crippen MR) is 79.4 cm³/mol. The third-order valence-electron chi connectivity index (χ3n) is 2.39. The SMILES string of the molecule is CC(=O)NCCCCNC(=O)c1cc(Cl)cc(Br)c1. The number of amides is 2. The van der Waals surface area contributed by atoms with Gasteiger partial charge in [-0.05, 0) is 31.0 Å². The molecule has 1 aromatic carbocycles. The van der Waals surface area contributed by atoms with Gasteiger partial charge < -0.3 is 10.6 Å². The van der Waals surface area contributed by atoms with Gasteiger partial charge in [-0.3, -0.25) is 9.59 Å². The van der Waals surface area contributed by atoms with Gasteiger partial charge in [-0.15, -0.1) is 0 Å². The summed E-state index contributed by atoms with van der Waals surface area (Å²) in [7, 11) is 0. The van der Waals surface area contributed by atoms with E-state index in [0.717, 1.165) is 17.3 Å². The van der Waals surface area contributed by atoms with E-state index in [9.17, 15) is 9.59 Å². The largest absolute Gasteiger partial charge is 0.356 e. The van der Waals surface area contributed by atoms with E-state index in [0.29, 0.717) is 23.7 Å². The molecule has 0 saturated heterocycles. The second-order valence-electron chi connectivity index (χ2n) is 4.10. The van der Waals surface area contributed by atoms with Gasteiger partial charge in [0.15, 0.2) is 0 Å². The summed E-state index contributed by atoms with van der Waals surface area (Å²) < 4.78 is 0.774. The van der Waals surface area contributed by atoms with E-state index in [1.54, 1.807) is 18.2 Å². The maximum atomic E-state index is 11.8. The molecular formula is C13H16BrClN2O2. The third kappa shape index (κ3) is 6.59. The number of halogens is 2. The molecule has 0 spiro atoms. The van der Waals surface area contributed by atoms with E-state index in [-0.39, 0.29) is 11.8 Å². The summed E-state index contributed by atoms with van der Waals surface area (Å²) in [5.74, 6) is -0.185. The van der Waals surface area contributed by atoms with Crippen LogP contribution in [0, 0.1) is 0 Å². The predicted octanol–water partition coefficient (Wildman–Crippen LogP) is 2.75. The Hall–Kier alpha value is -1.07. The minimum atomic E-state index is -0.150. The van der Waals surface area contributed by atoms with Crippen LogP contribution in [0.3, 0.4) is 0 Å². The second kappa shape index (κ2) is 8.17. The van der Waals surface area contributed by atoms with Gasteiger partial charge in [0.25, 0.3) is 5.91 Å². The first-order valence-corrected chi connectivity index (χ1v) is 7.15. The molecule has 0 atom stereocenters. The summed E-state index contributed by atoms with van der Waals surface area (Å²) in [6.45, 7) is 2.69. The van der Waals surface area contributed by atoms with Crippen LogP contribution in [0.25, 0.3) is 0 Å². The Morgan fingerprint density at radius 1 is 1.16 bits per heavy atom. The van der Waals surface area contributed by atoms with Crippen molar-refractivity contribution < 1.29 is 9.59 Å². The van der Waals surface area contributed by atoms with E-state index in [1.165, 1.54) is 6.92 Å². The fourth-order valence-corrected chi connectivity index (χ4v) is 2.36. The van der Waals surface area contributed by atoms with Crippen LogP contribution in [0.5, 0.6) is 0 Å². The fraction of sp³-hybridized carbons (Fsp3) is 0.385. The zero-order valence-electron chi connectivity index (χ0n) is 10.6. The molecule has 0 radical (unpaired) electrons. The van der Waals surface area contributed by atoms with Gasteiger partial charge >= 0.3 is 0 Å². The van der Waals surface area contributed by atoms with Crippen molar-refractivity contribution in [2.45, 2.75) is 19.8 Å². The highest BCUT2D eigenvalue weighted by molar-refractivity contribution is 9.10. The lowest BCUT2D eigenvalue weighted by Crippen LogP contribution is -2.26. The molecular weight excluding hydrogens is 332 g/mol. The number of unbranched alkanes of at least 4 members (excludes halogenated alkanes) is 1. The molecule has 0 aliphatic rings. The molecule has 19 heavy (non-hydrogen) atoms. The van der Waals surface area contributed by atoms with Crippen LogP contribution in [0.1, 0.15) is 30.1 Å². The summed E-state index contributed by atoms with van der Waals surface area (Å²) in [5, 5.41) is 6.03. The first kappa shape index (κ1) is 16.0. The standard InChI is InChI=1S/C13H16BrClN2O2/c1-9(18)16-4-2-3-5-17-13(19)10-6-11(14)8-12(15)7-10/h6-8H,2-5H2,1H3,(H,16,18)(H,17,19). The zero-order valence-corrected chi connectivity index (χ0v) is 13.0. The Bertz CT molecular complexity index is 446. The molecule has 0 saturated carbocycles. The molecule has 104 valence electrons. The average molecular weight is 348 g/mol. The number of rotatable bonds is 6. The smallest absolute Gasteiger partial charge is 0.251 e. The van der Waals surface area contributed by atoms with E-state index in [1.807, 2.05) is 0 Å². The maximum absolute atomic E-state index is 11.8. The van der Waals surface area contributed by atoms with E-state index < -0.39 is 0 Å². The normalized spacial score (nSPS) is 10.1. The van der Waals surface area contributed by atoms with Crippen molar-refractivity contribution in [3.05, 3.63) is 33.3 Å². The molecule has 1 rings (SSSR count). The maximum Gasteiger partial charge on any atom is 0.251 e. The minimum Gasteiger partial charge on any atom is -0.356 e. The third-order valence-corrected chi connectivity index (χ3v) is 3.06. The summed E-state index contributed by atoms with van der Waals surface area (Å²) in [5.41, 5.74) is 0.529. The van der Waals surface area contributed by atoms with Gasteiger partial charge in [0, 0.05) is 35.1 Å². The lowest BCUT2D eigenvalue weighted by atomic mass is 10.2. The van der Waals surface area contributed by atoms with Crippen LogP contribution in [0.2, 0.25) is 5.02 Å². The van der Waals surface area contributed by atoms with Crippen LogP contribution in [-0.2, 0) is 4.79 Å². The van der Waals surface area contributed by atoms with Crippen LogP contribution >= 0.6 is 27.5 Å². The number of carbonyl (C=O) groups excluding carboxylic acids is 2. The summed E-state index contributed by atoms with van der Waals surface area (Å²) in [6.07, 6.45) is 1.65. The molecule has 6 heteroatoms. The fourth-order valence-electron chi connectivity index (χ4n) is 1.50. The molecule has 0 aliphatic carbocycles.